The van der Waals surface area contributed by atoms with Crippen LogP contribution in [0.3, 0.4) is 0 Å². The summed E-state index contributed by atoms with van der Waals surface area (Å²) >= 11 is 0. The molecule has 4 aromatic rings. The molecule has 8 nitrogen and oxygen atoms in total. The lowest BCUT2D eigenvalue weighted by molar-refractivity contribution is 0.843. The third kappa shape index (κ3) is 3.50. The molecule has 0 radical (unpaired) electrons. The van der Waals surface area contributed by atoms with Gasteiger partial charge >= 0.3 is 0 Å². The normalized spacial score (nSPS) is 11.1. The maximum absolute atomic E-state index is 6.20. The molecule has 4 aromatic heterocycles. The van der Waals surface area contributed by atoms with Gasteiger partial charge in [0.25, 0.3) is 0 Å². The molecule has 4 rings (SSSR count). The van der Waals surface area contributed by atoms with Crippen molar-refractivity contribution in [3.8, 4) is 11.3 Å². The van der Waals surface area contributed by atoms with Crippen LogP contribution in [0.4, 0.5) is 17.2 Å². The molecule has 0 saturated carbocycles. The number of pyridine rings is 2. The molecule has 0 aliphatic heterocycles. The van der Waals surface area contributed by atoms with Crippen LogP contribution in [0.2, 0.25) is 0 Å². The Morgan fingerprint density at radius 2 is 1.74 bits per heavy atom. The number of nitrogens with one attached hydrogen (secondary N) is 1. The van der Waals surface area contributed by atoms with E-state index in [0.717, 1.165) is 28.0 Å². The van der Waals surface area contributed by atoms with Gasteiger partial charge in [-0.2, -0.15) is 10.2 Å². The maximum atomic E-state index is 6.20. The van der Waals surface area contributed by atoms with Crippen molar-refractivity contribution in [2.24, 2.45) is 0 Å². The lowest BCUT2D eigenvalue weighted by Gasteiger charge is -2.10. The smallest absolute Gasteiger partial charge is 0.133 e. The third-order valence-electron chi connectivity index (χ3n) is 4.16. The van der Waals surface area contributed by atoms with Crippen LogP contribution in [-0.2, 0) is 0 Å². The zero-order valence-electron chi connectivity index (χ0n) is 15.0. The molecule has 8 heteroatoms. The SMILES string of the molecule is CC(C)c1cnnc(-c2cc3ncc(Nc4cncnc4)cc3nc2N)c1. The van der Waals surface area contributed by atoms with Gasteiger partial charge in [-0.05, 0) is 29.7 Å². The molecule has 0 bridgehead atoms. The molecule has 0 spiro atoms. The van der Waals surface area contributed by atoms with E-state index < -0.39 is 0 Å². The van der Waals surface area contributed by atoms with Gasteiger partial charge in [-0.25, -0.2) is 15.0 Å². The second kappa shape index (κ2) is 6.91. The number of nitrogens with zero attached hydrogens (tertiary/aromatic N) is 6. The van der Waals surface area contributed by atoms with Crippen molar-refractivity contribution in [2.45, 2.75) is 19.8 Å². The summed E-state index contributed by atoms with van der Waals surface area (Å²) in [7, 11) is 0. The fraction of sp³-hybridized carbons (Fsp3) is 0.158. The van der Waals surface area contributed by atoms with Gasteiger partial charge < -0.3 is 11.1 Å². The first-order valence-electron chi connectivity index (χ1n) is 8.51. The standard InChI is InChI=1S/C19H18N8/c1-11(2)12-3-16(27-24-6-12)15-5-17-18(26-19(15)20)4-13(9-23-17)25-14-7-21-10-22-8-14/h3-11,25H,1-2H3,(H2,20,26). The van der Waals surface area contributed by atoms with E-state index in [2.05, 4.69) is 49.3 Å². The summed E-state index contributed by atoms with van der Waals surface area (Å²) in [5.74, 6) is 0.738. The number of nitrogen functional groups attached to an aromatic ring is 1. The Kier molecular flexibility index (Phi) is 4.29. The molecule has 3 N–H and O–H groups in total. The molecule has 0 atom stereocenters. The molecule has 0 aliphatic rings. The van der Waals surface area contributed by atoms with Crippen LogP contribution in [-0.4, -0.2) is 30.1 Å². The van der Waals surface area contributed by atoms with E-state index >= 15 is 0 Å². The fourth-order valence-electron chi connectivity index (χ4n) is 2.70. The molecule has 27 heavy (non-hydrogen) atoms. The van der Waals surface area contributed by atoms with Crippen molar-refractivity contribution in [1.82, 2.24) is 30.1 Å². The predicted molar refractivity (Wildman–Crippen MR) is 104 cm³/mol. The molecule has 0 amide bonds. The number of aromatic nitrogens is 6. The summed E-state index contributed by atoms with van der Waals surface area (Å²) in [5.41, 5.74) is 11.7. The van der Waals surface area contributed by atoms with Crippen LogP contribution in [0.5, 0.6) is 0 Å². The van der Waals surface area contributed by atoms with Gasteiger partial charge in [-0.3, -0.25) is 4.98 Å². The van der Waals surface area contributed by atoms with E-state index in [-0.39, 0.29) is 0 Å². The lowest BCUT2D eigenvalue weighted by Crippen LogP contribution is -2.00. The first-order chi connectivity index (χ1) is 13.1. The average Bonchev–Trinajstić information content (AvgIpc) is 2.68. The van der Waals surface area contributed by atoms with Crippen molar-refractivity contribution >= 4 is 28.2 Å². The Morgan fingerprint density at radius 3 is 2.52 bits per heavy atom. The Morgan fingerprint density at radius 1 is 0.926 bits per heavy atom. The molecule has 0 unspecified atom stereocenters. The van der Waals surface area contributed by atoms with Crippen molar-refractivity contribution in [1.29, 1.82) is 0 Å². The Hall–Kier alpha value is -3.68. The van der Waals surface area contributed by atoms with Crippen LogP contribution in [0, 0.1) is 0 Å². The van der Waals surface area contributed by atoms with Crippen molar-refractivity contribution < 1.29 is 0 Å². The highest BCUT2D eigenvalue weighted by Gasteiger charge is 2.12. The molecular formula is C19H18N8. The second-order valence-corrected chi connectivity index (χ2v) is 6.46. The van der Waals surface area contributed by atoms with Crippen molar-refractivity contribution in [3.63, 3.8) is 0 Å². The van der Waals surface area contributed by atoms with E-state index in [1.807, 2.05) is 18.2 Å². The quantitative estimate of drug-likeness (QED) is 0.571. The minimum atomic E-state index is 0.350. The first kappa shape index (κ1) is 16.8. The molecule has 4 heterocycles. The summed E-state index contributed by atoms with van der Waals surface area (Å²) in [5, 5.41) is 11.5. The second-order valence-electron chi connectivity index (χ2n) is 6.46. The lowest BCUT2D eigenvalue weighted by atomic mass is 10.0. The highest BCUT2D eigenvalue weighted by atomic mass is 15.1. The van der Waals surface area contributed by atoms with E-state index in [9.17, 15) is 0 Å². The number of nitrogens with two attached hydrogens (primary N) is 1. The summed E-state index contributed by atoms with van der Waals surface area (Å²) < 4.78 is 0. The van der Waals surface area contributed by atoms with Crippen LogP contribution in [0.25, 0.3) is 22.3 Å². The van der Waals surface area contributed by atoms with Gasteiger partial charge in [0.15, 0.2) is 0 Å². The minimum absolute atomic E-state index is 0.350. The Bertz CT molecular complexity index is 1100. The van der Waals surface area contributed by atoms with Gasteiger partial charge in [-0.1, -0.05) is 13.8 Å². The maximum Gasteiger partial charge on any atom is 0.133 e. The molecule has 134 valence electrons. The van der Waals surface area contributed by atoms with Crippen LogP contribution >= 0.6 is 0 Å². The summed E-state index contributed by atoms with van der Waals surface area (Å²) in [6, 6.07) is 5.76. The number of anilines is 3. The predicted octanol–water partition coefficient (Wildman–Crippen LogP) is 3.33. The van der Waals surface area contributed by atoms with E-state index in [0.29, 0.717) is 22.9 Å². The van der Waals surface area contributed by atoms with Gasteiger partial charge in [0, 0.05) is 5.56 Å². The molecule has 0 saturated heterocycles. The number of rotatable bonds is 4. The Labute approximate surface area is 155 Å². The fourth-order valence-corrected chi connectivity index (χ4v) is 2.70. The minimum Gasteiger partial charge on any atom is -0.383 e. The number of hydrogen-bond donors (Lipinski definition) is 2. The molecular weight excluding hydrogens is 340 g/mol. The summed E-state index contributed by atoms with van der Waals surface area (Å²) in [4.78, 5) is 17.0. The van der Waals surface area contributed by atoms with Gasteiger partial charge in [-0.15, -0.1) is 0 Å². The van der Waals surface area contributed by atoms with Crippen LogP contribution in [0.1, 0.15) is 25.3 Å². The molecule has 0 fully saturated rings. The van der Waals surface area contributed by atoms with Gasteiger partial charge in [0.2, 0.25) is 0 Å². The first-order valence-corrected chi connectivity index (χ1v) is 8.51. The van der Waals surface area contributed by atoms with Gasteiger partial charge in [0.05, 0.1) is 52.9 Å². The number of hydrogen-bond acceptors (Lipinski definition) is 8. The molecule has 0 aliphatic carbocycles. The zero-order valence-corrected chi connectivity index (χ0v) is 15.0. The van der Waals surface area contributed by atoms with Crippen molar-refractivity contribution in [2.75, 3.05) is 11.1 Å². The van der Waals surface area contributed by atoms with Gasteiger partial charge in [0.1, 0.15) is 12.1 Å². The summed E-state index contributed by atoms with van der Waals surface area (Å²) in [6.07, 6.45) is 8.34. The highest BCUT2D eigenvalue weighted by Crippen LogP contribution is 2.28. The largest absolute Gasteiger partial charge is 0.383 e. The average molecular weight is 358 g/mol. The van der Waals surface area contributed by atoms with Crippen LogP contribution < -0.4 is 11.1 Å². The number of fused-ring (bicyclic) bond motifs is 1. The Balaban J connectivity index is 1.72. The van der Waals surface area contributed by atoms with E-state index in [1.165, 1.54) is 6.33 Å². The van der Waals surface area contributed by atoms with E-state index in [1.54, 1.807) is 24.8 Å². The zero-order chi connectivity index (χ0) is 18.8. The highest BCUT2D eigenvalue weighted by molar-refractivity contribution is 5.87. The summed E-state index contributed by atoms with van der Waals surface area (Å²) in [6.45, 7) is 4.22. The van der Waals surface area contributed by atoms with Crippen molar-refractivity contribution in [3.05, 3.63) is 54.9 Å². The molecule has 0 aromatic carbocycles. The topological polar surface area (TPSA) is 115 Å². The third-order valence-corrected chi connectivity index (χ3v) is 4.16. The monoisotopic (exact) mass is 358 g/mol. The van der Waals surface area contributed by atoms with E-state index in [4.69, 9.17) is 5.73 Å². The van der Waals surface area contributed by atoms with Crippen LogP contribution in [0.15, 0.2) is 49.3 Å².